The van der Waals surface area contributed by atoms with Crippen LogP contribution in [0.5, 0.6) is 0 Å². The van der Waals surface area contributed by atoms with Crippen LogP contribution in [0.3, 0.4) is 0 Å². The molecule has 5 nitrogen and oxygen atoms in total. The summed E-state index contributed by atoms with van der Waals surface area (Å²) in [5.41, 5.74) is -0.224. The number of aliphatic hydroxyl groups excluding tert-OH is 1. The van der Waals surface area contributed by atoms with Crippen molar-refractivity contribution in [2.24, 2.45) is 5.92 Å². The first-order valence-corrected chi connectivity index (χ1v) is 9.25. The highest BCUT2D eigenvalue weighted by atomic mass is 35.5. The molecule has 0 radical (unpaired) electrons. The van der Waals surface area contributed by atoms with Crippen molar-refractivity contribution in [3.63, 3.8) is 0 Å². The number of carbonyl (C=O) groups excluding carboxylic acids is 1. The zero-order valence-electron chi connectivity index (χ0n) is 15.5. The van der Waals surface area contributed by atoms with E-state index in [1.165, 1.54) is 6.07 Å². The number of aliphatic hydroxyl groups is 1. The summed E-state index contributed by atoms with van der Waals surface area (Å²) in [6.45, 7) is 6.37. The van der Waals surface area contributed by atoms with Crippen LogP contribution < -0.4 is 0 Å². The monoisotopic (exact) mass is 387 g/mol. The third kappa shape index (κ3) is 5.56. The summed E-state index contributed by atoms with van der Waals surface area (Å²) >= 11 is 5.92. The number of amides is 1. The average Bonchev–Trinajstić information content (AvgIpc) is 2.57. The summed E-state index contributed by atoms with van der Waals surface area (Å²) in [7, 11) is 0. The molecule has 2 rings (SSSR count). The maximum Gasteiger partial charge on any atom is 0.410 e. The van der Waals surface area contributed by atoms with Gasteiger partial charge in [0.2, 0.25) is 0 Å². The topological polar surface area (TPSA) is 59.0 Å². The first kappa shape index (κ1) is 20.9. The highest BCUT2D eigenvalue weighted by Crippen LogP contribution is 2.36. The van der Waals surface area contributed by atoms with Crippen LogP contribution in [0.4, 0.5) is 9.18 Å². The van der Waals surface area contributed by atoms with Crippen molar-refractivity contribution in [3.8, 4) is 0 Å². The number of rotatable bonds is 5. The highest BCUT2D eigenvalue weighted by Gasteiger charge is 2.34. The van der Waals surface area contributed by atoms with Crippen molar-refractivity contribution in [1.82, 2.24) is 4.90 Å². The van der Waals surface area contributed by atoms with Gasteiger partial charge in [0.25, 0.3) is 0 Å². The van der Waals surface area contributed by atoms with E-state index < -0.39 is 17.5 Å². The number of nitrogens with zero attached hydrogens (tertiary/aromatic N) is 1. The van der Waals surface area contributed by atoms with Crippen molar-refractivity contribution in [1.29, 1.82) is 0 Å². The second-order valence-corrected chi connectivity index (χ2v) is 7.89. The second kappa shape index (κ2) is 9.02. The summed E-state index contributed by atoms with van der Waals surface area (Å²) in [4.78, 5) is 14.0. The van der Waals surface area contributed by atoms with Gasteiger partial charge >= 0.3 is 6.09 Å². The molecule has 1 aliphatic rings. The van der Waals surface area contributed by atoms with E-state index in [0.717, 1.165) is 12.8 Å². The van der Waals surface area contributed by atoms with E-state index in [9.17, 15) is 9.18 Å². The summed E-state index contributed by atoms with van der Waals surface area (Å²) in [6, 6.07) is 4.79. The number of carbonyl (C=O) groups is 1. The van der Waals surface area contributed by atoms with Gasteiger partial charge in [-0.25, -0.2) is 9.18 Å². The second-order valence-electron chi connectivity index (χ2n) is 7.49. The van der Waals surface area contributed by atoms with Crippen molar-refractivity contribution in [2.45, 2.75) is 45.3 Å². The van der Waals surface area contributed by atoms with Crippen LogP contribution in [-0.4, -0.2) is 48.0 Å². The van der Waals surface area contributed by atoms with E-state index in [0.29, 0.717) is 18.7 Å². The number of halogens is 2. The van der Waals surface area contributed by atoms with E-state index >= 15 is 0 Å². The molecule has 0 bridgehead atoms. The molecule has 0 aromatic heterocycles. The van der Waals surface area contributed by atoms with Gasteiger partial charge in [-0.1, -0.05) is 23.7 Å². The number of piperidine rings is 1. The van der Waals surface area contributed by atoms with E-state index in [1.807, 2.05) is 20.8 Å². The van der Waals surface area contributed by atoms with E-state index in [1.54, 1.807) is 17.0 Å². The van der Waals surface area contributed by atoms with Gasteiger partial charge in [-0.05, 0) is 39.7 Å². The first-order valence-electron chi connectivity index (χ1n) is 8.87. The Hall–Kier alpha value is -1.37. The number of ether oxygens (including phenoxy) is 2. The quantitative estimate of drug-likeness (QED) is 0.823. The summed E-state index contributed by atoms with van der Waals surface area (Å²) in [6.07, 6.45) is 0.577. The molecule has 1 aromatic carbocycles. The summed E-state index contributed by atoms with van der Waals surface area (Å²) in [5, 5.41) is 9.15. The lowest BCUT2D eigenvalue weighted by molar-refractivity contribution is -0.0361. The third-order valence-electron chi connectivity index (χ3n) is 4.21. The van der Waals surface area contributed by atoms with E-state index in [4.69, 9.17) is 26.2 Å². The van der Waals surface area contributed by atoms with Crippen LogP contribution in [0.25, 0.3) is 0 Å². The number of hydrogen-bond donors (Lipinski definition) is 1. The molecule has 1 amide bonds. The van der Waals surface area contributed by atoms with E-state index in [-0.39, 0.29) is 30.2 Å². The van der Waals surface area contributed by atoms with Crippen LogP contribution in [0.1, 0.15) is 45.3 Å². The molecule has 1 fully saturated rings. The molecule has 7 heteroatoms. The van der Waals surface area contributed by atoms with Gasteiger partial charge in [0, 0.05) is 24.6 Å². The molecule has 0 saturated carbocycles. The Morgan fingerprint density at radius 3 is 2.85 bits per heavy atom. The predicted octanol–water partition coefficient (Wildman–Crippen LogP) is 4.18. The maximum atomic E-state index is 14.5. The lowest BCUT2D eigenvalue weighted by Gasteiger charge is -2.37. The first-order chi connectivity index (χ1) is 12.2. The fourth-order valence-electron chi connectivity index (χ4n) is 3.15. The molecule has 1 saturated heterocycles. The van der Waals surface area contributed by atoms with Crippen LogP contribution in [0.2, 0.25) is 5.02 Å². The molecule has 146 valence electrons. The van der Waals surface area contributed by atoms with Crippen LogP contribution >= 0.6 is 11.6 Å². The van der Waals surface area contributed by atoms with Crippen molar-refractivity contribution < 1.29 is 23.8 Å². The molecule has 1 N–H and O–H groups in total. The minimum absolute atomic E-state index is 0.0277. The Kier molecular flexibility index (Phi) is 7.26. The highest BCUT2D eigenvalue weighted by molar-refractivity contribution is 6.30. The molecule has 0 aliphatic carbocycles. The normalized spacial score (nSPS) is 19.3. The molecule has 1 aliphatic heterocycles. The Labute approximate surface area is 159 Å². The SMILES string of the molecule is CC(C)(C)OC(=O)N1CCCC([C@@H](OCCO)c2cccc(Cl)c2F)C1. The van der Waals surface area contributed by atoms with Crippen LogP contribution in [-0.2, 0) is 9.47 Å². The third-order valence-corrected chi connectivity index (χ3v) is 4.51. The fraction of sp³-hybridized carbons (Fsp3) is 0.632. The molecular weight excluding hydrogens is 361 g/mol. The van der Waals surface area contributed by atoms with Gasteiger partial charge in [0.1, 0.15) is 11.4 Å². The van der Waals surface area contributed by atoms with Gasteiger partial charge in [-0.15, -0.1) is 0 Å². The summed E-state index contributed by atoms with van der Waals surface area (Å²) in [5.74, 6) is -0.637. The predicted molar refractivity (Wildman–Crippen MR) is 97.7 cm³/mol. The Balaban J connectivity index is 2.19. The average molecular weight is 388 g/mol. The minimum Gasteiger partial charge on any atom is -0.444 e. The largest absolute Gasteiger partial charge is 0.444 e. The molecule has 1 aromatic rings. The number of hydrogen-bond acceptors (Lipinski definition) is 4. The van der Waals surface area contributed by atoms with Gasteiger partial charge in [-0.3, -0.25) is 0 Å². The lowest BCUT2D eigenvalue weighted by Crippen LogP contribution is -2.44. The molecule has 26 heavy (non-hydrogen) atoms. The van der Waals surface area contributed by atoms with Crippen molar-refractivity contribution >= 4 is 17.7 Å². The zero-order chi connectivity index (χ0) is 19.3. The zero-order valence-corrected chi connectivity index (χ0v) is 16.3. The molecule has 1 heterocycles. The summed E-state index contributed by atoms with van der Waals surface area (Å²) < 4.78 is 25.7. The minimum atomic E-state index is -0.592. The van der Waals surface area contributed by atoms with Gasteiger partial charge < -0.3 is 19.5 Å². The van der Waals surface area contributed by atoms with Crippen molar-refractivity contribution in [3.05, 3.63) is 34.6 Å². The molecule has 2 atom stereocenters. The molecule has 0 spiro atoms. The van der Waals surface area contributed by atoms with Crippen LogP contribution in [0.15, 0.2) is 18.2 Å². The Morgan fingerprint density at radius 1 is 1.46 bits per heavy atom. The lowest BCUT2D eigenvalue weighted by atomic mass is 9.88. The fourth-order valence-corrected chi connectivity index (χ4v) is 3.33. The Bertz CT molecular complexity index is 620. The standard InChI is InChI=1S/C19H27ClFNO4/c1-19(2,3)26-18(24)22-9-5-6-13(12-22)17(25-11-10-23)14-7-4-8-15(20)16(14)21/h4,7-8,13,17,23H,5-6,9-12H2,1-3H3/t13?,17-/m1/s1. The molecular formula is C19H27ClFNO4. The number of benzene rings is 1. The molecule has 1 unspecified atom stereocenters. The maximum absolute atomic E-state index is 14.5. The van der Waals surface area contributed by atoms with Crippen molar-refractivity contribution in [2.75, 3.05) is 26.3 Å². The van der Waals surface area contributed by atoms with Gasteiger partial charge in [0.15, 0.2) is 0 Å². The number of likely N-dealkylation sites (tertiary alicyclic amines) is 1. The Morgan fingerprint density at radius 2 is 2.19 bits per heavy atom. The van der Waals surface area contributed by atoms with Crippen LogP contribution in [0, 0.1) is 11.7 Å². The van der Waals surface area contributed by atoms with Gasteiger partial charge in [0.05, 0.1) is 24.3 Å². The smallest absolute Gasteiger partial charge is 0.410 e. The van der Waals surface area contributed by atoms with Gasteiger partial charge in [-0.2, -0.15) is 0 Å². The van der Waals surface area contributed by atoms with E-state index in [2.05, 4.69) is 0 Å².